The Hall–Kier alpha value is -0.790. The first-order valence-electron chi connectivity index (χ1n) is 4.33. The molecule has 0 aliphatic rings. The molecule has 0 aliphatic carbocycles. The first-order valence-corrected chi connectivity index (χ1v) is 5.12. The van der Waals surface area contributed by atoms with Gasteiger partial charge in [-0.2, -0.15) is 0 Å². The number of rotatable bonds is 4. The van der Waals surface area contributed by atoms with Crippen molar-refractivity contribution in [2.75, 3.05) is 18.5 Å². The number of aliphatic hydroxyl groups excluding tert-OH is 2. The molecule has 90 valence electrons. The number of anilines is 1. The van der Waals surface area contributed by atoms with E-state index in [0.29, 0.717) is 0 Å². The zero-order valence-corrected chi connectivity index (χ0v) is 9.56. The summed E-state index contributed by atoms with van der Waals surface area (Å²) < 4.78 is 38.4. The van der Waals surface area contributed by atoms with Crippen LogP contribution >= 0.6 is 15.9 Å². The van der Waals surface area contributed by atoms with E-state index in [1.165, 1.54) is 0 Å². The van der Waals surface area contributed by atoms with Crippen molar-refractivity contribution < 1.29 is 23.4 Å². The van der Waals surface area contributed by atoms with E-state index in [0.717, 1.165) is 6.07 Å². The van der Waals surface area contributed by atoms with E-state index in [1.54, 1.807) is 0 Å². The van der Waals surface area contributed by atoms with Crippen LogP contribution in [0.15, 0.2) is 10.5 Å². The summed E-state index contributed by atoms with van der Waals surface area (Å²) in [4.78, 5) is 0. The zero-order chi connectivity index (χ0) is 12.3. The van der Waals surface area contributed by atoms with Crippen LogP contribution in [0.1, 0.15) is 0 Å². The van der Waals surface area contributed by atoms with Gasteiger partial charge in [-0.15, -0.1) is 0 Å². The van der Waals surface area contributed by atoms with Gasteiger partial charge in [0.15, 0.2) is 17.5 Å². The maximum Gasteiger partial charge on any atom is 0.195 e. The van der Waals surface area contributed by atoms with Crippen molar-refractivity contribution >= 4 is 21.6 Å². The Morgan fingerprint density at radius 2 is 1.94 bits per heavy atom. The molecule has 1 aromatic rings. The van der Waals surface area contributed by atoms with Gasteiger partial charge < -0.3 is 15.5 Å². The van der Waals surface area contributed by atoms with E-state index in [2.05, 4.69) is 21.2 Å². The minimum Gasteiger partial charge on any atom is -0.394 e. The summed E-state index contributed by atoms with van der Waals surface area (Å²) in [6.45, 7) is -0.601. The van der Waals surface area contributed by atoms with Gasteiger partial charge in [-0.05, 0) is 15.9 Å². The number of aliphatic hydroxyl groups is 2. The quantitative estimate of drug-likeness (QED) is 0.585. The number of hydrogen-bond donors (Lipinski definition) is 3. The van der Waals surface area contributed by atoms with E-state index in [9.17, 15) is 13.2 Å². The van der Waals surface area contributed by atoms with Crippen molar-refractivity contribution in [3.63, 3.8) is 0 Å². The second-order valence-corrected chi connectivity index (χ2v) is 3.86. The summed E-state index contributed by atoms with van der Waals surface area (Å²) >= 11 is 2.75. The van der Waals surface area contributed by atoms with Crippen LogP contribution in [0.4, 0.5) is 18.9 Å². The molecule has 3 nitrogen and oxygen atoms in total. The lowest BCUT2D eigenvalue weighted by Crippen LogP contribution is -2.23. The molecule has 0 radical (unpaired) electrons. The topological polar surface area (TPSA) is 52.5 Å². The molecule has 1 atom stereocenters. The highest BCUT2D eigenvalue weighted by molar-refractivity contribution is 9.10. The molecular weight excluding hydrogens is 291 g/mol. The van der Waals surface area contributed by atoms with Crippen molar-refractivity contribution in [2.45, 2.75) is 6.10 Å². The third kappa shape index (κ3) is 2.87. The van der Waals surface area contributed by atoms with Crippen molar-refractivity contribution in [1.29, 1.82) is 0 Å². The lowest BCUT2D eigenvalue weighted by molar-refractivity contribution is 0.105. The van der Waals surface area contributed by atoms with Crippen LogP contribution in [-0.4, -0.2) is 29.5 Å². The summed E-state index contributed by atoms with van der Waals surface area (Å²) in [7, 11) is 0. The molecule has 0 aromatic heterocycles. The minimum absolute atomic E-state index is 0.0381. The van der Waals surface area contributed by atoms with Crippen LogP contribution in [0, 0.1) is 17.5 Å². The Bertz CT molecular complexity index is 390. The third-order valence-corrected chi connectivity index (χ3v) is 2.62. The van der Waals surface area contributed by atoms with Crippen LogP contribution in [0.25, 0.3) is 0 Å². The van der Waals surface area contributed by atoms with Gasteiger partial charge in [0.2, 0.25) is 0 Å². The monoisotopic (exact) mass is 299 g/mol. The number of benzene rings is 1. The Morgan fingerprint density at radius 3 is 2.50 bits per heavy atom. The second-order valence-electron chi connectivity index (χ2n) is 3.07. The average Bonchev–Trinajstić information content (AvgIpc) is 2.28. The van der Waals surface area contributed by atoms with Gasteiger partial charge in [0.1, 0.15) is 0 Å². The predicted octanol–water partition coefficient (Wildman–Crippen LogP) is 1.63. The molecular formula is C9H9BrF3NO2. The van der Waals surface area contributed by atoms with Gasteiger partial charge in [0, 0.05) is 12.6 Å². The van der Waals surface area contributed by atoms with E-state index in [-0.39, 0.29) is 16.7 Å². The molecule has 0 heterocycles. The van der Waals surface area contributed by atoms with Crippen LogP contribution in [-0.2, 0) is 0 Å². The summed E-state index contributed by atoms with van der Waals surface area (Å²) in [5.74, 6) is -4.25. The lowest BCUT2D eigenvalue weighted by Gasteiger charge is -2.12. The predicted molar refractivity (Wildman–Crippen MR) is 55.6 cm³/mol. The van der Waals surface area contributed by atoms with Crippen LogP contribution < -0.4 is 5.32 Å². The number of halogens is 4. The molecule has 0 aliphatic heterocycles. The molecule has 7 heteroatoms. The lowest BCUT2D eigenvalue weighted by atomic mass is 10.2. The normalized spacial score (nSPS) is 12.6. The van der Waals surface area contributed by atoms with Crippen molar-refractivity contribution in [3.05, 3.63) is 28.0 Å². The highest BCUT2D eigenvalue weighted by Gasteiger charge is 2.17. The Morgan fingerprint density at radius 1 is 1.31 bits per heavy atom. The Kier molecular flexibility index (Phi) is 4.57. The van der Waals surface area contributed by atoms with E-state index in [1.807, 2.05) is 0 Å². The maximum absolute atomic E-state index is 13.0. The molecule has 1 aromatic carbocycles. The smallest absolute Gasteiger partial charge is 0.195 e. The molecule has 0 bridgehead atoms. The fourth-order valence-corrected chi connectivity index (χ4v) is 1.42. The Balaban J connectivity index is 2.89. The molecule has 16 heavy (non-hydrogen) atoms. The summed E-state index contributed by atoms with van der Waals surface area (Å²) in [6.07, 6.45) is -1.07. The average molecular weight is 300 g/mol. The van der Waals surface area contributed by atoms with Crippen molar-refractivity contribution in [1.82, 2.24) is 0 Å². The SMILES string of the molecule is OCC(O)CNc1cc(F)c(F)c(F)c1Br. The van der Waals surface area contributed by atoms with Crippen molar-refractivity contribution in [3.8, 4) is 0 Å². The molecule has 0 fully saturated rings. The maximum atomic E-state index is 13.0. The summed E-state index contributed by atoms with van der Waals surface area (Å²) in [5, 5.41) is 20.0. The number of hydrogen-bond acceptors (Lipinski definition) is 3. The number of nitrogens with one attached hydrogen (secondary N) is 1. The molecule has 0 spiro atoms. The van der Waals surface area contributed by atoms with Crippen LogP contribution in [0.5, 0.6) is 0 Å². The van der Waals surface area contributed by atoms with Gasteiger partial charge >= 0.3 is 0 Å². The van der Waals surface area contributed by atoms with Gasteiger partial charge in [0.05, 0.1) is 22.9 Å². The van der Waals surface area contributed by atoms with Gasteiger partial charge in [0.25, 0.3) is 0 Å². The van der Waals surface area contributed by atoms with E-state index >= 15 is 0 Å². The highest BCUT2D eigenvalue weighted by Crippen LogP contribution is 2.29. The van der Waals surface area contributed by atoms with Crippen LogP contribution in [0.2, 0.25) is 0 Å². The zero-order valence-electron chi connectivity index (χ0n) is 7.98. The fourth-order valence-electron chi connectivity index (χ4n) is 0.994. The standard InChI is InChI=1S/C9H9BrF3NO2/c10-7-6(14-2-4(16)3-15)1-5(11)8(12)9(7)13/h1,4,14-16H,2-3H2. The van der Waals surface area contributed by atoms with Crippen molar-refractivity contribution in [2.24, 2.45) is 0 Å². The van der Waals surface area contributed by atoms with E-state index < -0.39 is 30.2 Å². The molecule has 0 saturated carbocycles. The summed E-state index contributed by atoms with van der Waals surface area (Å²) in [5.41, 5.74) is -0.0381. The van der Waals surface area contributed by atoms with E-state index in [4.69, 9.17) is 10.2 Å². The van der Waals surface area contributed by atoms with Crippen LogP contribution in [0.3, 0.4) is 0 Å². The highest BCUT2D eigenvalue weighted by atomic mass is 79.9. The van der Waals surface area contributed by atoms with Gasteiger partial charge in [-0.1, -0.05) is 0 Å². The summed E-state index contributed by atoms with van der Waals surface area (Å²) in [6, 6.07) is 0.757. The largest absolute Gasteiger partial charge is 0.394 e. The molecule has 1 unspecified atom stereocenters. The second kappa shape index (κ2) is 5.51. The van der Waals surface area contributed by atoms with Gasteiger partial charge in [-0.3, -0.25) is 0 Å². The first-order chi connectivity index (χ1) is 7.47. The van der Waals surface area contributed by atoms with Gasteiger partial charge in [-0.25, -0.2) is 13.2 Å². The third-order valence-electron chi connectivity index (χ3n) is 1.84. The first kappa shape index (κ1) is 13.3. The fraction of sp³-hybridized carbons (Fsp3) is 0.333. The Labute approximate surface area is 98.0 Å². The molecule has 1 rings (SSSR count). The molecule has 0 saturated heterocycles. The minimum atomic E-state index is -1.57. The molecule has 3 N–H and O–H groups in total. The molecule has 0 amide bonds.